The van der Waals surface area contributed by atoms with Crippen LogP contribution >= 0.6 is 23.8 Å². The minimum absolute atomic E-state index is 0.0347. The number of fused-ring (bicyclic) bond motifs is 1. The molecular formula is C24H18ClN3O5S. The number of methoxy groups -OCH3 is 2. The van der Waals surface area contributed by atoms with Crippen molar-refractivity contribution in [1.82, 2.24) is 5.32 Å². The average molecular weight is 496 g/mol. The third kappa shape index (κ3) is 4.30. The van der Waals surface area contributed by atoms with Crippen LogP contribution in [0, 0.1) is 0 Å². The van der Waals surface area contributed by atoms with Gasteiger partial charge in [0.1, 0.15) is 11.5 Å². The first-order valence-corrected chi connectivity index (χ1v) is 10.7. The van der Waals surface area contributed by atoms with Gasteiger partial charge in [0.2, 0.25) is 0 Å². The number of nitrogens with one attached hydrogen (secondary N) is 2. The topological polar surface area (TPSA) is 97.0 Å². The number of anilines is 2. The molecule has 0 bridgehead atoms. The summed E-state index contributed by atoms with van der Waals surface area (Å²) < 4.78 is 10.5. The van der Waals surface area contributed by atoms with E-state index in [1.165, 1.54) is 20.3 Å². The van der Waals surface area contributed by atoms with Crippen LogP contribution in [0.5, 0.6) is 11.5 Å². The van der Waals surface area contributed by atoms with Crippen molar-refractivity contribution < 1.29 is 23.9 Å². The number of halogens is 1. The lowest BCUT2D eigenvalue weighted by atomic mass is 10.1. The highest BCUT2D eigenvalue weighted by atomic mass is 35.5. The van der Waals surface area contributed by atoms with Crippen LogP contribution in [-0.4, -0.2) is 37.1 Å². The van der Waals surface area contributed by atoms with Crippen molar-refractivity contribution in [3.63, 3.8) is 0 Å². The zero-order valence-corrected chi connectivity index (χ0v) is 19.6. The van der Waals surface area contributed by atoms with Gasteiger partial charge in [-0.3, -0.25) is 19.7 Å². The molecule has 34 heavy (non-hydrogen) atoms. The molecule has 0 saturated carbocycles. The van der Waals surface area contributed by atoms with Gasteiger partial charge in [0, 0.05) is 17.3 Å². The van der Waals surface area contributed by atoms with Crippen molar-refractivity contribution in [2.24, 2.45) is 0 Å². The summed E-state index contributed by atoms with van der Waals surface area (Å²) in [6.07, 6.45) is 0. The van der Waals surface area contributed by atoms with Gasteiger partial charge in [-0.2, -0.15) is 0 Å². The van der Waals surface area contributed by atoms with Crippen LogP contribution in [0.1, 0.15) is 31.1 Å². The maximum absolute atomic E-state index is 12.8. The Hall–Kier alpha value is -3.95. The van der Waals surface area contributed by atoms with Gasteiger partial charge >= 0.3 is 0 Å². The summed E-state index contributed by atoms with van der Waals surface area (Å²) >= 11 is 11.3. The molecule has 10 heteroatoms. The van der Waals surface area contributed by atoms with Crippen molar-refractivity contribution in [3.8, 4) is 11.5 Å². The van der Waals surface area contributed by atoms with Crippen molar-refractivity contribution in [2.45, 2.75) is 0 Å². The van der Waals surface area contributed by atoms with Gasteiger partial charge in [-0.15, -0.1) is 0 Å². The summed E-state index contributed by atoms with van der Waals surface area (Å²) in [4.78, 5) is 39.2. The van der Waals surface area contributed by atoms with E-state index in [1.807, 2.05) is 0 Å². The Morgan fingerprint density at radius 1 is 0.912 bits per heavy atom. The molecule has 0 unspecified atom stereocenters. The van der Waals surface area contributed by atoms with Crippen molar-refractivity contribution in [3.05, 3.63) is 82.4 Å². The van der Waals surface area contributed by atoms with E-state index in [1.54, 1.807) is 54.6 Å². The number of hydrogen-bond acceptors (Lipinski definition) is 6. The van der Waals surface area contributed by atoms with E-state index >= 15 is 0 Å². The fraction of sp³-hybridized carbons (Fsp3) is 0.0833. The lowest BCUT2D eigenvalue weighted by Crippen LogP contribution is -2.34. The average Bonchev–Trinajstić information content (AvgIpc) is 3.09. The summed E-state index contributed by atoms with van der Waals surface area (Å²) in [5.74, 6) is -0.600. The molecule has 0 aliphatic carbocycles. The van der Waals surface area contributed by atoms with Crippen LogP contribution in [0.3, 0.4) is 0 Å². The molecule has 0 radical (unpaired) electrons. The number of thiocarbonyl (C=S) groups is 1. The van der Waals surface area contributed by atoms with Crippen LogP contribution < -0.4 is 25.0 Å². The molecule has 0 spiro atoms. The predicted octanol–water partition coefficient (Wildman–Crippen LogP) is 4.28. The Labute approximate surface area is 205 Å². The molecule has 1 heterocycles. The number of benzene rings is 3. The third-order valence-corrected chi connectivity index (χ3v) is 5.61. The van der Waals surface area contributed by atoms with Crippen LogP contribution in [0.2, 0.25) is 5.02 Å². The summed E-state index contributed by atoms with van der Waals surface area (Å²) in [5, 5.41) is 5.78. The molecular weight excluding hydrogens is 478 g/mol. The zero-order valence-electron chi connectivity index (χ0n) is 18.0. The minimum atomic E-state index is -0.461. The number of ether oxygens (including phenoxy) is 2. The second-order valence-corrected chi connectivity index (χ2v) is 7.95. The lowest BCUT2D eigenvalue weighted by molar-refractivity contribution is 0.0922. The standard InChI is InChI=1S/C24H18ClN3O5S/c1-32-19-10-7-13(11-17(19)25)21(29)27-24(34)26-14-8-9-18(20(12-14)33-2)28-22(30)15-5-3-4-6-16(15)23(28)31/h3-12H,1-2H3,(H2,26,27,29,34). The number of amides is 3. The maximum Gasteiger partial charge on any atom is 0.266 e. The monoisotopic (exact) mass is 495 g/mol. The molecule has 0 aromatic heterocycles. The summed E-state index contributed by atoms with van der Waals surface area (Å²) in [7, 11) is 2.90. The number of carbonyl (C=O) groups is 3. The van der Waals surface area contributed by atoms with E-state index < -0.39 is 17.7 Å². The van der Waals surface area contributed by atoms with Crippen LogP contribution in [0.25, 0.3) is 0 Å². The van der Waals surface area contributed by atoms with E-state index in [-0.39, 0.29) is 10.9 Å². The maximum atomic E-state index is 12.8. The second-order valence-electron chi connectivity index (χ2n) is 7.14. The number of imide groups is 1. The predicted molar refractivity (Wildman–Crippen MR) is 132 cm³/mol. The van der Waals surface area contributed by atoms with Gasteiger partial charge in [0.05, 0.1) is 36.1 Å². The molecule has 3 aromatic rings. The summed E-state index contributed by atoms with van der Waals surface area (Å²) in [5.41, 5.74) is 1.74. The van der Waals surface area contributed by atoms with E-state index in [9.17, 15) is 14.4 Å². The highest BCUT2D eigenvalue weighted by Gasteiger charge is 2.37. The van der Waals surface area contributed by atoms with Crippen LogP contribution in [-0.2, 0) is 0 Å². The van der Waals surface area contributed by atoms with Crippen LogP contribution in [0.15, 0.2) is 60.7 Å². The quantitative estimate of drug-likeness (QED) is 0.402. The van der Waals surface area contributed by atoms with Crippen molar-refractivity contribution in [1.29, 1.82) is 0 Å². The molecule has 1 aliphatic heterocycles. The highest BCUT2D eigenvalue weighted by molar-refractivity contribution is 7.80. The van der Waals surface area contributed by atoms with Gasteiger partial charge in [0.15, 0.2) is 5.11 Å². The molecule has 1 aliphatic rings. The van der Waals surface area contributed by atoms with Crippen LogP contribution in [0.4, 0.5) is 11.4 Å². The molecule has 0 fully saturated rings. The number of carbonyl (C=O) groups excluding carboxylic acids is 3. The number of nitrogens with zero attached hydrogens (tertiary/aromatic N) is 1. The Bertz CT molecular complexity index is 1310. The molecule has 2 N–H and O–H groups in total. The molecule has 3 aromatic carbocycles. The lowest BCUT2D eigenvalue weighted by Gasteiger charge is -2.19. The molecule has 3 amide bonds. The van der Waals surface area contributed by atoms with E-state index in [0.717, 1.165) is 4.90 Å². The second kappa shape index (κ2) is 9.50. The van der Waals surface area contributed by atoms with Crippen molar-refractivity contribution >= 4 is 58.0 Å². The number of hydrogen-bond donors (Lipinski definition) is 2. The SMILES string of the molecule is COc1ccc(C(=O)NC(=S)Nc2ccc(N3C(=O)c4ccccc4C3=O)c(OC)c2)cc1Cl. The molecule has 4 rings (SSSR count). The Balaban J connectivity index is 1.49. The van der Waals surface area contributed by atoms with Gasteiger partial charge in [-0.1, -0.05) is 23.7 Å². The minimum Gasteiger partial charge on any atom is -0.495 e. The van der Waals surface area contributed by atoms with E-state index in [0.29, 0.717) is 38.8 Å². The van der Waals surface area contributed by atoms with E-state index in [2.05, 4.69) is 10.6 Å². The normalized spacial score (nSPS) is 12.3. The smallest absolute Gasteiger partial charge is 0.266 e. The summed E-state index contributed by atoms with van der Waals surface area (Å²) in [6, 6.07) is 16.0. The molecule has 0 atom stereocenters. The first kappa shape index (κ1) is 23.2. The summed E-state index contributed by atoms with van der Waals surface area (Å²) in [6.45, 7) is 0. The fourth-order valence-corrected chi connectivity index (χ4v) is 3.96. The largest absolute Gasteiger partial charge is 0.495 e. The van der Waals surface area contributed by atoms with Gasteiger partial charge in [-0.05, 0) is 54.7 Å². The first-order chi connectivity index (χ1) is 16.3. The zero-order chi connectivity index (χ0) is 24.4. The third-order valence-electron chi connectivity index (χ3n) is 5.11. The first-order valence-electron chi connectivity index (χ1n) is 9.95. The van der Waals surface area contributed by atoms with E-state index in [4.69, 9.17) is 33.3 Å². The fourth-order valence-electron chi connectivity index (χ4n) is 3.49. The molecule has 8 nitrogen and oxygen atoms in total. The molecule has 172 valence electrons. The Morgan fingerprint density at radius 2 is 1.56 bits per heavy atom. The number of rotatable bonds is 5. The van der Waals surface area contributed by atoms with Gasteiger partial charge < -0.3 is 14.8 Å². The molecule has 0 saturated heterocycles. The van der Waals surface area contributed by atoms with Gasteiger partial charge in [-0.25, -0.2) is 4.90 Å². The van der Waals surface area contributed by atoms with Gasteiger partial charge in [0.25, 0.3) is 17.7 Å². The highest BCUT2D eigenvalue weighted by Crippen LogP contribution is 2.36. The van der Waals surface area contributed by atoms with Crippen molar-refractivity contribution in [2.75, 3.05) is 24.4 Å². The Morgan fingerprint density at radius 3 is 2.15 bits per heavy atom. The Kier molecular flexibility index (Phi) is 6.49.